The zero-order valence-corrected chi connectivity index (χ0v) is 12.5. The van der Waals surface area contributed by atoms with Gasteiger partial charge in [0.15, 0.2) is 0 Å². The molecule has 8 heteroatoms. The fourth-order valence-electron chi connectivity index (χ4n) is 1.82. The van der Waals surface area contributed by atoms with E-state index in [2.05, 4.69) is 4.74 Å². The number of methoxy groups -OCH3 is 1. The molecular weight excluding hydrogens is 294 g/mol. The summed E-state index contributed by atoms with van der Waals surface area (Å²) in [6, 6.07) is 4.90. The molecule has 0 N–H and O–H groups in total. The Kier molecular flexibility index (Phi) is 5.85. The quantitative estimate of drug-likeness (QED) is 0.344. The molecule has 0 heterocycles. The van der Waals surface area contributed by atoms with E-state index in [-0.39, 0.29) is 24.3 Å². The van der Waals surface area contributed by atoms with Crippen molar-refractivity contribution < 1.29 is 28.7 Å². The minimum absolute atomic E-state index is 0.0709. The first-order chi connectivity index (χ1) is 10.4. The van der Waals surface area contributed by atoms with E-state index in [1.807, 2.05) is 0 Å². The van der Waals surface area contributed by atoms with Crippen LogP contribution in [-0.2, 0) is 14.3 Å². The van der Waals surface area contributed by atoms with Gasteiger partial charge < -0.3 is 14.2 Å². The van der Waals surface area contributed by atoms with E-state index in [4.69, 9.17) is 9.47 Å². The van der Waals surface area contributed by atoms with Gasteiger partial charge >= 0.3 is 12.1 Å². The number of non-ortho nitro benzene ring substituents is 1. The molecule has 0 aromatic heterocycles. The molecule has 0 spiro atoms. The predicted octanol–water partition coefficient (Wildman–Crippen LogP) is 2.84. The van der Waals surface area contributed by atoms with Crippen LogP contribution in [0.3, 0.4) is 0 Å². The summed E-state index contributed by atoms with van der Waals surface area (Å²) in [6.07, 6.45) is -0.625. The Bertz CT molecular complexity index is 549. The van der Waals surface area contributed by atoms with Crippen molar-refractivity contribution in [1.29, 1.82) is 0 Å². The fraction of sp³-hybridized carbons (Fsp3) is 0.429. The second-order valence-electron chi connectivity index (χ2n) is 4.40. The smallest absolute Gasteiger partial charge is 0.466 e. The molecule has 1 aromatic carbocycles. The van der Waals surface area contributed by atoms with E-state index in [0.717, 1.165) is 0 Å². The average molecular weight is 311 g/mol. The molecule has 22 heavy (non-hydrogen) atoms. The lowest BCUT2D eigenvalue weighted by atomic mass is 9.97. The van der Waals surface area contributed by atoms with Crippen molar-refractivity contribution in [2.45, 2.75) is 32.3 Å². The number of rotatable bonds is 6. The first-order valence-electron chi connectivity index (χ1n) is 6.62. The molecule has 0 aliphatic heterocycles. The van der Waals surface area contributed by atoms with Crippen LogP contribution in [0.5, 0.6) is 5.75 Å². The van der Waals surface area contributed by atoms with Crippen molar-refractivity contribution in [3.63, 3.8) is 0 Å². The highest BCUT2D eigenvalue weighted by Gasteiger charge is 2.41. The van der Waals surface area contributed by atoms with E-state index >= 15 is 0 Å². The Morgan fingerprint density at radius 1 is 1.18 bits per heavy atom. The summed E-state index contributed by atoms with van der Waals surface area (Å²) in [6.45, 7) is 3.36. The Morgan fingerprint density at radius 3 is 2.14 bits per heavy atom. The van der Waals surface area contributed by atoms with Crippen molar-refractivity contribution in [3.05, 3.63) is 34.4 Å². The topological polar surface area (TPSA) is 105 Å². The molecular formula is C14H17NO7. The summed E-state index contributed by atoms with van der Waals surface area (Å²) in [5.74, 6) is -0.597. The molecule has 0 saturated heterocycles. The number of ether oxygens (including phenoxy) is 3. The Labute approximate surface area is 127 Å². The standard InChI is InChI=1S/C14H17NO7/c1-4-14(5-2,12(16)20-3)22-13(17)21-11-8-6-10(7-9-11)15(18)19/h6-9H,4-5H2,1-3H3. The van der Waals surface area contributed by atoms with Gasteiger partial charge in [-0.15, -0.1) is 0 Å². The van der Waals surface area contributed by atoms with Crippen molar-refractivity contribution in [3.8, 4) is 5.75 Å². The van der Waals surface area contributed by atoms with Crippen LogP contribution in [0.25, 0.3) is 0 Å². The third kappa shape index (κ3) is 3.94. The molecule has 0 radical (unpaired) electrons. The van der Waals surface area contributed by atoms with Gasteiger partial charge in [0, 0.05) is 12.1 Å². The number of esters is 1. The van der Waals surface area contributed by atoms with Gasteiger partial charge in [0.25, 0.3) is 5.69 Å². The lowest BCUT2D eigenvalue weighted by Crippen LogP contribution is -2.43. The lowest BCUT2D eigenvalue weighted by Gasteiger charge is -2.27. The van der Waals surface area contributed by atoms with Crippen LogP contribution in [0.15, 0.2) is 24.3 Å². The molecule has 0 bridgehead atoms. The van der Waals surface area contributed by atoms with Crippen molar-refractivity contribution in [2.75, 3.05) is 7.11 Å². The second-order valence-corrected chi connectivity index (χ2v) is 4.40. The monoisotopic (exact) mass is 311 g/mol. The molecule has 0 atom stereocenters. The predicted molar refractivity (Wildman–Crippen MR) is 75.5 cm³/mol. The summed E-state index contributed by atoms with van der Waals surface area (Å²) in [5.41, 5.74) is -1.54. The van der Waals surface area contributed by atoms with Crippen LogP contribution in [-0.4, -0.2) is 29.8 Å². The molecule has 0 fully saturated rings. The van der Waals surface area contributed by atoms with Gasteiger partial charge in [-0.2, -0.15) is 0 Å². The zero-order chi connectivity index (χ0) is 16.8. The van der Waals surface area contributed by atoms with Crippen LogP contribution in [0, 0.1) is 10.1 Å². The maximum Gasteiger partial charge on any atom is 0.514 e. The summed E-state index contributed by atoms with van der Waals surface area (Å²) >= 11 is 0. The first kappa shape index (κ1) is 17.4. The van der Waals surface area contributed by atoms with Gasteiger partial charge in [-0.25, -0.2) is 9.59 Å². The number of hydrogen-bond acceptors (Lipinski definition) is 7. The highest BCUT2D eigenvalue weighted by Crippen LogP contribution is 2.24. The summed E-state index contributed by atoms with van der Waals surface area (Å²) in [4.78, 5) is 33.5. The van der Waals surface area contributed by atoms with Crippen LogP contribution >= 0.6 is 0 Å². The molecule has 0 saturated carbocycles. The molecule has 120 valence electrons. The number of nitro groups is 1. The Balaban J connectivity index is 2.79. The number of hydrogen-bond donors (Lipinski definition) is 0. The molecule has 0 aliphatic rings. The van der Waals surface area contributed by atoms with E-state index in [1.165, 1.54) is 31.4 Å². The normalized spacial score (nSPS) is 10.7. The molecule has 0 amide bonds. The van der Waals surface area contributed by atoms with Crippen molar-refractivity contribution >= 4 is 17.8 Å². The van der Waals surface area contributed by atoms with Gasteiger partial charge in [-0.3, -0.25) is 10.1 Å². The van der Waals surface area contributed by atoms with Crippen molar-refractivity contribution in [1.82, 2.24) is 0 Å². The maximum absolute atomic E-state index is 11.8. The van der Waals surface area contributed by atoms with Crippen molar-refractivity contribution in [2.24, 2.45) is 0 Å². The minimum atomic E-state index is -1.41. The Morgan fingerprint density at radius 2 is 1.73 bits per heavy atom. The van der Waals surface area contributed by atoms with Crippen LogP contribution in [0.2, 0.25) is 0 Å². The summed E-state index contributed by atoms with van der Waals surface area (Å²) < 4.78 is 14.7. The average Bonchev–Trinajstić information content (AvgIpc) is 2.52. The molecule has 8 nitrogen and oxygen atoms in total. The SMILES string of the molecule is CCC(CC)(OC(=O)Oc1ccc([N+](=O)[O-])cc1)C(=O)OC. The van der Waals surface area contributed by atoms with Crippen LogP contribution < -0.4 is 4.74 Å². The van der Waals surface area contributed by atoms with Gasteiger partial charge in [-0.1, -0.05) is 13.8 Å². The second kappa shape index (κ2) is 7.39. The summed E-state index contributed by atoms with van der Waals surface area (Å²) in [7, 11) is 1.20. The number of benzene rings is 1. The molecule has 0 aliphatic carbocycles. The Hall–Kier alpha value is -2.64. The summed E-state index contributed by atoms with van der Waals surface area (Å²) in [5, 5.41) is 10.5. The maximum atomic E-state index is 11.8. The largest absolute Gasteiger partial charge is 0.514 e. The van der Waals surface area contributed by atoms with Crippen LogP contribution in [0.1, 0.15) is 26.7 Å². The van der Waals surface area contributed by atoms with Gasteiger partial charge in [0.2, 0.25) is 5.60 Å². The highest BCUT2D eigenvalue weighted by atomic mass is 16.7. The first-order valence-corrected chi connectivity index (χ1v) is 6.62. The minimum Gasteiger partial charge on any atom is -0.466 e. The third-order valence-corrected chi connectivity index (χ3v) is 3.23. The molecule has 0 unspecified atom stereocenters. The molecule has 1 aromatic rings. The van der Waals surface area contributed by atoms with Crippen LogP contribution in [0.4, 0.5) is 10.5 Å². The van der Waals surface area contributed by atoms with E-state index < -0.39 is 22.6 Å². The van der Waals surface area contributed by atoms with Gasteiger partial charge in [-0.05, 0) is 25.0 Å². The molecule has 1 rings (SSSR count). The number of carbonyl (C=O) groups excluding carboxylic acids is 2. The van der Waals surface area contributed by atoms with E-state index in [9.17, 15) is 19.7 Å². The van der Waals surface area contributed by atoms with E-state index in [0.29, 0.717) is 0 Å². The lowest BCUT2D eigenvalue weighted by molar-refractivity contribution is -0.384. The van der Waals surface area contributed by atoms with E-state index in [1.54, 1.807) is 13.8 Å². The number of carbonyl (C=O) groups is 2. The zero-order valence-electron chi connectivity index (χ0n) is 12.5. The van der Waals surface area contributed by atoms with Gasteiger partial charge in [0.1, 0.15) is 5.75 Å². The highest BCUT2D eigenvalue weighted by molar-refractivity contribution is 5.82. The van der Waals surface area contributed by atoms with Gasteiger partial charge in [0.05, 0.1) is 12.0 Å². The number of nitro benzene ring substituents is 1. The number of nitrogens with zero attached hydrogens (tertiary/aromatic N) is 1. The fourth-order valence-corrected chi connectivity index (χ4v) is 1.82. The third-order valence-electron chi connectivity index (χ3n) is 3.23.